The first kappa shape index (κ1) is 19.3. The van der Waals surface area contributed by atoms with Crippen LogP contribution >= 0.6 is 23.4 Å². The fraction of sp³-hybridized carbons (Fsp3) is 0.409. The molecular formula is C22H26ClNOS. The molecule has 1 saturated heterocycles. The summed E-state index contributed by atoms with van der Waals surface area (Å²) in [5.41, 5.74) is 3.31. The highest BCUT2D eigenvalue weighted by molar-refractivity contribution is 7.99. The van der Waals surface area contributed by atoms with Crippen molar-refractivity contribution in [3.8, 4) is 0 Å². The fourth-order valence-corrected chi connectivity index (χ4v) is 4.85. The first-order valence-electron chi connectivity index (χ1n) is 9.12. The van der Waals surface area contributed by atoms with Gasteiger partial charge in [-0.25, -0.2) is 0 Å². The summed E-state index contributed by atoms with van der Waals surface area (Å²) in [7, 11) is 0. The Morgan fingerprint density at radius 3 is 2.42 bits per heavy atom. The van der Waals surface area contributed by atoms with Crippen molar-refractivity contribution < 1.29 is 4.79 Å². The quantitative estimate of drug-likeness (QED) is 0.633. The van der Waals surface area contributed by atoms with Gasteiger partial charge in [0.1, 0.15) is 0 Å². The lowest BCUT2D eigenvalue weighted by molar-refractivity contribution is 0.0766. The van der Waals surface area contributed by atoms with Crippen LogP contribution in [0, 0.1) is 0 Å². The molecule has 0 saturated carbocycles. The summed E-state index contributed by atoms with van der Waals surface area (Å²) < 4.78 is 0. The molecular weight excluding hydrogens is 362 g/mol. The number of thioether (sulfide) groups is 1. The molecule has 26 heavy (non-hydrogen) atoms. The minimum atomic E-state index is 0.100. The summed E-state index contributed by atoms with van der Waals surface area (Å²) in [5, 5.41) is 1.17. The van der Waals surface area contributed by atoms with Crippen molar-refractivity contribution in [3.05, 3.63) is 70.2 Å². The van der Waals surface area contributed by atoms with Gasteiger partial charge in [-0.2, -0.15) is 11.8 Å². The predicted molar refractivity (Wildman–Crippen MR) is 112 cm³/mol. The Morgan fingerprint density at radius 2 is 1.77 bits per heavy atom. The van der Waals surface area contributed by atoms with Crippen molar-refractivity contribution >= 4 is 29.3 Å². The third-order valence-electron chi connectivity index (χ3n) is 4.88. The lowest BCUT2D eigenvalue weighted by atomic mass is 9.86. The van der Waals surface area contributed by atoms with Crippen molar-refractivity contribution in [1.82, 2.24) is 4.90 Å². The molecule has 4 heteroatoms. The van der Waals surface area contributed by atoms with Gasteiger partial charge in [-0.15, -0.1) is 0 Å². The van der Waals surface area contributed by atoms with Crippen LogP contribution < -0.4 is 0 Å². The second kappa shape index (κ2) is 8.06. The molecule has 2 nitrogen and oxygen atoms in total. The number of halogens is 1. The number of carbonyl (C=O) groups excluding carboxylic acids is 1. The van der Waals surface area contributed by atoms with Gasteiger partial charge in [0.05, 0.1) is 0 Å². The van der Waals surface area contributed by atoms with E-state index in [1.807, 2.05) is 47.0 Å². The molecule has 1 unspecified atom stereocenters. The molecule has 1 fully saturated rings. The molecule has 1 heterocycles. The summed E-state index contributed by atoms with van der Waals surface area (Å²) in [5.74, 6) is 1.06. The van der Waals surface area contributed by atoms with Crippen LogP contribution in [0.1, 0.15) is 53.9 Å². The molecule has 138 valence electrons. The van der Waals surface area contributed by atoms with Gasteiger partial charge in [0, 0.05) is 34.7 Å². The minimum Gasteiger partial charge on any atom is -0.338 e. The lowest BCUT2D eigenvalue weighted by Gasteiger charge is -2.22. The van der Waals surface area contributed by atoms with Crippen molar-refractivity contribution in [3.63, 3.8) is 0 Å². The van der Waals surface area contributed by atoms with E-state index < -0.39 is 0 Å². The number of nitrogens with zero attached hydrogens (tertiary/aromatic N) is 1. The maximum Gasteiger partial charge on any atom is 0.253 e. The molecule has 0 N–H and O–H groups in total. The maximum absolute atomic E-state index is 12.9. The molecule has 1 aliphatic rings. The number of hydrogen-bond acceptors (Lipinski definition) is 2. The van der Waals surface area contributed by atoms with Gasteiger partial charge in [0.2, 0.25) is 0 Å². The van der Waals surface area contributed by atoms with Gasteiger partial charge in [-0.3, -0.25) is 4.79 Å². The smallest absolute Gasteiger partial charge is 0.253 e. The Hall–Kier alpha value is -1.45. The highest BCUT2D eigenvalue weighted by atomic mass is 35.5. The van der Waals surface area contributed by atoms with Crippen LogP contribution in [0.2, 0.25) is 5.02 Å². The Balaban J connectivity index is 1.69. The lowest BCUT2D eigenvalue weighted by Crippen LogP contribution is -2.33. The molecule has 0 aliphatic carbocycles. The molecule has 0 bridgehead atoms. The van der Waals surface area contributed by atoms with E-state index in [9.17, 15) is 4.79 Å². The highest BCUT2D eigenvalue weighted by Crippen LogP contribution is 2.38. The van der Waals surface area contributed by atoms with Gasteiger partial charge in [0.25, 0.3) is 5.91 Å². The molecule has 2 aromatic carbocycles. The zero-order valence-corrected chi connectivity index (χ0v) is 17.2. The molecule has 0 radical (unpaired) electrons. The third-order valence-corrected chi connectivity index (χ3v) is 6.53. The molecule has 1 aliphatic heterocycles. The summed E-state index contributed by atoms with van der Waals surface area (Å²) >= 11 is 8.26. The Labute approximate surface area is 165 Å². The van der Waals surface area contributed by atoms with E-state index in [0.717, 1.165) is 35.8 Å². The van der Waals surface area contributed by atoms with E-state index in [1.165, 1.54) is 11.1 Å². The summed E-state index contributed by atoms with van der Waals surface area (Å²) in [4.78, 5) is 14.9. The summed E-state index contributed by atoms with van der Waals surface area (Å²) in [6.45, 7) is 8.11. The van der Waals surface area contributed by atoms with Crippen molar-refractivity contribution in [2.75, 3.05) is 18.8 Å². The first-order chi connectivity index (χ1) is 12.4. The third kappa shape index (κ3) is 4.44. The van der Waals surface area contributed by atoms with Gasteiger partial charge < -0.3 is 4.90 Å². The SMILES string of the molecule is CC(C)(C)c1ccc(C(=O)N2CCSC(c3ccccc3Cl)CC2)cc1. The molecule has 3 rings (SSSR count). The minimum absolute atomic E-state index is 0.100. The highest BCUT2D eigenvalue weighted by Gasteiger charge is 2.24. The average molecular weight is 388 g/mol. The molecule has 1 amide bonds. The maximum atomic E-state index is 12.9. The van der Waals surface area contributed by atoms with E-state index in [2.05, 4.69) is 39.0 Å². The number of carbonyl (C=O) groups is 1. The summed E-state index contributed by atoms with van der Waals surface area (Å²) in [6.07, 6.45) is 0.931. The number of benzene rings is 2. The molecule has 0 spiro atoms. The topological polar surface area (TPSA) is 20.3 Å². The first-order valence-corrected chi connectivity index (χ1v) is 10.5. The second-order valence-corrected chi connectivity index (χ2v) is 9.51. The molecule has 1 atom stereocenters. The van der Waals surface area contributed by atoms with E-state index in [1.54, 1.807) is 0 Å². The van der Waals surface area contributed by atoms with Crippen molar-refractivity contribution in [1.29, 1.82) is 0 Å². The van der Waals surface area contributed by atoms with Crippen molar-refractivity contribution in [2.45, 2.75) is 37.9 Å². The van der Waals surface area contributed by atoms with Gasteiger partial charge in [-0.05, 0) is 41.2 Å². The zero-order chi connectivity index (χ0) is 18.7. The Morgan fingerprint density at radius 1 is 1.08 bits per heavy atom. The van der Waals surface area contributed by atoms with Crippen LogP contribution in [0.3, 0.4) is 0 Å². The average Bonchev–Trinajstić information content (AvgIpc) is 2.87. The van der Waals surface area contributed by atoms with E-state index in [-0.39, 0.29) is 11.3 Å². The standard InChI is InChI=1S/C22H26ClNOS/c1-22(2,3)17-10-8-16(9-11-17)21(25)24-13-12-20(26-15-14-24)18-6-4-5-7-19(18)23/h4-11,20H,12-15H2,1-3H3. The second-order valence-electron chi connectivity index (χ2n) is 7.79. The van der Waals surface area contributed by atoms with E-state index >= 15 is 0 Å². The largest absolute Gasteiger partial charge is 0.338 e. The number of amides is 1. The van der Waals surface area contributed by atoms with Crippen LogP contribution in [0.25, 0.3) is 0 Å². The van der Waals surface area contributed by atoms with Crippen LogP contribution in [0.4, 0.5) is 0 Å². The normalized spacial score (nSPS) is 18.5. The van der Waals surface area contributed by atoms with Crippen molar-refractivity contribution in [2.24, 2.45) is 0 Å². The van der Waals surface area contributed by atoms with Crippen LogP contribution in [-0.4, -0.2) is 29.6 Å². The van der Waals surface area contributed by atoms with Gasteiger partial charge in [0.15, 0.2) is 0 Å². The number of hydrogen-bond donors (Lipinski definition) is 0. The van der Waals surface area contributed by atoms with E-state index in [0.29, 0.717) is 5.25 Å². The molecule has 2 aromatic rings. The van der Waals surface area contributed by atoms with Crippen LogP contribution in [0.5, 0.6) is 0 Å². The monoisotopic (exact) mass is 387 g/mol. The summed E-state index contributed by atoms with van der Waals surface area (Å²) in [6, 6.07) is 16.1. The predicted octanol–water partition coefficient (Wildman–Crippen LogP) is 5.96. The Kier molecular flexibility index (Phi) is 5.99. The van der Waals surface area contributed by atoms with Crippen LogP contribution in [-0.2, 0) is 5.41 Å². The Bertz CT molecular complexity index is 766. The fourth-order valence-electron chi connectivity index (χ4n) is 3.25. The van der Waals surface area contributed by atoms with Gasteiger partial charge in [-0.1, -0.05) is 62.7 Å². The zero-order valence-electron chi connectivity index (χ0n) is 15.7. The van der Waals surface area contributed by atoms with Crippen LogP contribution in [0.15, 0.2) is 48.5 Å². The van der Waals surface area contributed by atoms with Gasteiger partial charge >= 0.3 is 0 Å². The molecule has 0 aromatic heterocycles. The number of rotatable bonds is 2. The van der Waals surface area contributed by atoms with E-state index in [4.69, 9.17) is 11.6 Å².